The quantitative estimate of drug-likeness (QED) is 0.0148. The number of hydrogen-bond acceptors (Lipinski definition) is 11. The summed E-state index contributed by atoms with van der Waals surface area (Å²) in [6.07, 6.45) is 32.2. The first-order valence-electron chi connectivity index (χ1n) is 22.5. The van der Waals surface area contributed by atoms with E-state index in [1.807, 2.05) is 0 Å². The van der Waals surface area contributed by atoms with Crippen molar-refractivity contribution in [2.75, 3.05) is 26.4 Å². The van der Waals surface area contributed by atoms with E-state index < -0.39 is 59.6 Å². The molecule has 3 unspecified atom stereocenters. The number of hydrogen-bond donors (Lipinski definition) is 4. The van der Waals surface area contributed by atoms with Crippen molar-refractivity contribution in [3.8, 4) is 0 Å². The first-order valence-corrected chi connectivity index (χ1v) is 25.5. The largest absolute Gasteiger partial charge is 0.472 e. The highest BCUT2D eigenvalue weighted by molar-refractivity contribution is 7.47. The second-order valence-corrected chi connectivity index (χ2v) is 18.4. The fourth-order valence-electron chi connectivity index (χ4n) is 6.53. The fraction of sp³-hybridized carbons (Fsp3) is 0.905. The van der Waals surface area contributed by atoms with Crippen LogP contribution in [-0.4, -0.2) is 82.6 Å². The van der Waals surface area contributed by atoms with Gasteiger partial charge in [-0.15, -0.1) is 0 Å². The van der Waals surface area contributed by atoms with E-state index in [1.165, 1.54) is 89.9 Å². The minimum absolute atomic E-state index is 0.112. The van der Waals surface area contributed by atoms with E-state index in [0.29, 0.717) is 25.0 Å². The number of carbonyl (C=O) groups excluding carboxylic acids is 2. The number of carbonyl (C=O) groups is 2. The van der Waals surface area contributed by atoms with Crippen molar-refractivity contribution in [1.29, 1.82) is 0 Å². The van der Waals surface area contributed by atoms with Gasteiger partial charge in [-0.05, 0) is 38.5 Å². The van der Waals surface area contributed by atoms with E-state index in [2.05, 4.69) is 30.5 Å². The van der Waals surface area contributed by atoms with Crippen LogP contribution in [0, 0.1) is 0 Å². The molecule has 342 valence electrons. The molecule has 0 bridgehead atoms. The summed E-state index contributed by atoms with van der Waals surface area (Å²) >= 11 is 0. The molecule has 0 spiro atoms. The number of unbranched alkanes of at least 4 members (excludes halogenated alkanes) is 21. The maximum Gasteiger partial charge on any atom is 0.472 e. The first kappa shape index (κ1) is 54.8. The van der Waals surface area contributed by atoms with Gasteiger partial charge in [0.25, 0.3) is 0 Å². The predicted molar refractivity (Wildman–Crippen MR) is 225 cm³/mol. The van der Waals surface area contributed by atoms with E-state index in [-0.39, 0.29) is 19.4 Å². The average Bonchev–Trinajstić information content (AvgIpc) is 3.94. The Labute approximate surface area is 349 Å². The van der Waals surface area contributed by atoms with Gasteiger partial charge in [0, 0.05) is 12.8 Å². The second kappa shape index (κ2) is 35.4. The SMILES string of the molecule is CCCCC/C=C\CC1OC1CCCCCCCC(=O)O[C@H](COC(=O)CCCCCCCCCCCCCCCCC)COP(=O)(O)OC[C@@H](O)COP(=O)(O)O. The van der Waals surface area contributed by atoms with Gasteiger partial charge < -0.3 is 34.0 Å². The van der Waals surface area contributed by atoms with Crippen LogP contribution in [0.2, 0.25) is 0 Å². The fourth-order valence-corrected chi connectivity index (χ4v) is 7.69. The maximum absolute atomic E-state index is 12.7. The zero-order valence-corrected chi connectivity index (χ0v) is 37.6. The number of epoxide rings is 1. The van der Waals surface area contributed by atoms with Crippen LogP contribution in [0.4, 0.5) is 0 Å². The standard InChI is InChI=1S/C42H80O14P2/c1-3-5-7-9-11-12-13-14-15-16-17-18-19-23-27-31-41(44)51-35-38(36-54-58(49,50)53-34-37(43)33-52-57(46,47)48)55-42(45)32-28-24-20-22-26-30-40-39(56-40)29-25-21-10-8-6-4-2/h21,25,37-40,43H,3-20,22-24,26-36H2,1-2H3,(H,49,50)(H2,46,47,48)/b25-21-/t37-,38+,39?,40?/m0/s1. The molecule has 58 heavy (non-hydrogen) atoms. The Balaban J connectivity index is 2.34. The number of ether oxygens (including phenoxy) is 3. The van der Waals surface area contributed by atoms with Gasteiger partial charge in [-0.2, -0.15) is 0 Å². The highest BCUT2D eigenvalue weighted by atomic mass is 31.2. The zero-order chi connectivity index (χ0) is 42.7. The van der Waals surface area contributed by atoms with Crippen molar-refractivity contribution in [3.05, 3.63) is 12.2 Å². The summed E-state index contributed by atoms with van der Waals surface area (Å²) in [5.41, 5.74) is 0. The van der Waals surface area contributed by atoms with Crippen LogP contribution >= 0.6 is 15.6 Å². The molecule has 0 aromatic carbocycles. The Hall–Kier alpha value is -1.18. The smallest absolute Gasteiger partial charge is 0.462 e. The molecular weight excluding hydrogens is 790 g/mol. The number of phosphoric ester groups is 2. The van der Waals surface area contributed by atoms with Crippen molar-refractivity contribution in [1.82, 2.24) is 0 Å². The summed E-state index contributed by atoms with van der Waals surface area (Å²) in [7, 11) is -9.67. The molecular formula is C42H80O14P2. The Morgan fingerprint density at radius 1 is 0.586 bits per heavy atom. The van der Waals surface area contributed by atoms with Crippen LogP contribution < -0.4 is 0 Å². The van der Waals surface area contributed by atoms with Crippen LogP contribution in [-0.2, 0) is 46.5 Å². The van der Waals surface area contributed by atoms with E-state index in [9.17, 15) is 28.7 Å². The summed E-state index contributed by atoms with van der Waals surface area (Å²) in [6, 6.07) is 0. The molecule has 0 saturated carbocycles. The number of allylic oxidation sites excluding steroid dienone is 1. The Morgan fingerprint density at radius 3 is 1.64 bits per heavy atom. The number of aliphatic hydroxyl groups excluding tert-OH is 1. The molecule has 0 radical (unpaired) electrons. The topological polar surface area (TPSA) is 208 Å². The van der Waals surface area contributed by atoms with E-state index in [4.69, 9.17) is 33.0 Å². The number of aliphatic hydroxyl groups is 1. The molecule has 1 saturated heterocycles. The molecule has 0 aliphatic carbocycles. The van der Waals surface area contributed by atoms with Crippen LogP contribution in [0.3, 0.4) is 0 Å². The monoisotopic (exact) mass is 871 g/mol. The van der Waals surface area contributed by atoms with Crippen LogP contribution in [0.15, 0.2) is 12.2 Å². The third-order valence-corrected chi connectivity index (χ3v) is 11.5. The van der Waals surface area contributed by atoms with Gasteiger partial charge in [0.1, 0.15) is 12.7 Å². The molecule has 1 fully saturated rings. The third-order valence-electron chi connectivity index (χ3n) is 10.1. The highest BCUT2D eigenvalue weighted by Gasteiger charge is 2.36. The summed E-state index contributed by atoms with van der Waals surface area (Å²) in [5.74, 6) is -1.04. The summed E-state index contributed by atoms with van der Waals surface area (Å²) in [4.78, 5) is 52.8. The lowest BCUT2D eigenvalue weighted by Gasteiger charge is -2.20. The van der Waals surface area contributed by atoms with Gasteiger partial charge in [0.05, 0.1) is 32.0 Å². The highest BCUT2D eigenvalue weighted by Crippen LogP contribution is 2.44. The Kier molecular flexibility index (Phi) is 33.5. The first-order chi connectivity index (χ1) is 27.8. The Morgan fingerprint density at radius 2 is 1.07 bits per heavy atom. The molecule has 1 aliphatic heterocycles. The summed E-state index contributed by atoms with van der Waals surface area (Å²) < 4.78 is 53.6. The lowest BCUT2D eigenvalue weighted by molar-refractivity contribution is -0.161. The minimum Gasteiger partial charge on any atom is -0.462 e. The van der Waals surface area contributed by atoms with Crippen molar-refractivity contribution >= 4 is 27.6 Å². The van der Waals surface area contributed by atoms with Gasteiger partial charge in [0.15, 0.2) is 6.10 Å². The van der Waals surface area contributed by atoms with Crippen molar-refractivity contribution < 1.29 is 66.3 Å². The van der Waals surface area contributed by atoms with Gasteiger partial charge in [-0.1, -0.05) is 154 Å². The number of esters is 2. The molecule has 4 N–H and O–H groups in total. The lowest BCUT2D eigenvalue weighted by Crippen LogP contribution is -2.30. The van der Waals surface area contributed by atoms with Gasteiger partial charge in [-0.3, -0.25) is 23.2 Å². The number of phosphoric acid groups is 2. The van der Waals surface area contributed by atoms with Gasteiger partial charge >= 0.3 is 27.6 Å². The molecule has 1 rings (SSSR count). The second-order valence-electron chi connectivity index (χ2n) is 15.7. The molecule has 1 heterocycles. The molecule has 14 nitrogen and oxygen atoms in total. The molecule has 16 heteroatoms. The van der Waals surface area contributed by atoms with Gasteiger partial charge in [-0.25, -0.2) is 9.13 Å². The normalized spacial score (nSPS) is 17.6. The molecule has 0 amide bonds. The average molecular weight is 871 g/mol. The van der Waals surface area contributed by atoms with E-state index in [1.54, 1.807) is 0 Å². The van der Waals surface area contributed by atoms with Crippen molar-refractivity contribution in [2.45, 2.75) is 218 Å². The Bertz CT molecular complexity index is 1150. The minimum atomic E-state index is -4.86. The molecule has 0 aromatic rings. The maximum atomic E-state index is 12.7. The third kappa shape index (κ3) is 35.6. The van der Waals surface area contributed by atoms with Gasteiger partial charge in [0.2, 0.25) is 0 Å². The van der Waals surface area contributed by atoms with E-state index in [0.717, 1.165) is 64.2 Å². The molecule has 0 aromatic heterocycles. The zero-order valence-electron chi connectivity index (χ0n) is 35.9. The number of rotatable bonds is 42. The predicted octanol–water partition coefficient (Wildman–Crippen LogP) is 10.3. The summed E-state index contributed by atoms with van der Waals surface area (Å²) in [5, 5.41) is 9.75. The van der Waals surface area contributed by atoms with E-state index >= 15 is 0 Å². The summed E-state index contributed by atoms with van der Waals surface area (Å²) in [6.45, 7) is 1.73. The van der Waals surface area contributed by atoms with Crippen LogP contribution in [0.25, 0.3) is 0 Å². The van der Waals surface area contributed by atoms with Crippen molar-refractivity contribution in [2.24, 2.45) is 0 Å². The molecule has 5 atom stereocenters. The lowest BCUT2D eigenvalue weighted by atomic mass is 10.0. The van der Waals surface area contributed by atoms with Crippen molar-refractivity contribution in [3.63, 3.8) is 0 Å². The van der Waals surface area contributed by atoms with Crippen LogP contribution in [0.5, 0.6) is 0 Å². The van der Waals surface area contributed by atoms with Crippen LogP contribution in [0.1, 0.15) is 194 Å². The molecule has 1 aliphatic rings.